The van der Waals surface area contributed by atoms with Gasteiger partial charge in [0.25, 0.3) is 0 Å². The number of rotatable bonds is 6. The molecule has 7 heteroatoms. The monoisotopic (exact) mass is 406 g/mol. The molecule has 1 aliphatic rings. The maximum atomic E-state index is 12.3. The van der Waals surface area contributed by atoms with E-state index in [1.165, 1.54) is 17.4 Å². The van der Waals surface area contributed by atoms with Crippen molar-refractivity contribution in [2.45, 2.75) is 6.42 Å². The molecule has 0 bridgehead atoms. The van der Waals surface area contributed by atoms with E-state index in [9.17, 15) is 9.59 Å². The number of thiophene rings is 1. The van der Waals surface area contributed by atoms with E-state index in [1.807, 2.05) is 29.6 Å². The van der Waals surface area contributed by atoms with Gasteiger partial charge in [-0.25, -0.2) is 0 Å². The second-order valence-electron chi connectivity index (χ2n) is 6.29. The topological polar surface area (TPSA) is 76.7 Å². The molecule has 0 spiro atoms. The molecular weight excluding hydrogens is 388 g/mol. The van der Waals surface area contributed by atoms with Crippen LogP contribution in [0.3, 0.4) is 0 Å². The number of ether oxygens (including phenoxy) is 2. The van der Waals surface area contributed by atoms with Gasteiger partial charge < -0.3 is 20.1 Å². The number of hydrogen-bond donors (Lipinski definition) is 2. The molecule has 29 heavy (non-hydrogen) atoms. The summed E-state index contributed by atoms with van der Waals surface area (Å²) in [7, 11) is 0. The maximum absolute atomic E-state index is 12.3. The molecule has 0 saturated carbocycles. The number of nitrogens with one attached hydrogen (secondary N) is 2. The van der Waals surface area contributed by atoms with Crippen LogP contribution in [0.15, 0.2) is 66.1 Å². The molecule has 0 unspecified atom stereocenters. The molecule has 2 heterocycles. The Morgan fingerprint density at radius 3 is 2.55 bits per heavy atom. The zero-order valence-corrected chi connectivity index (χ0v) is 16.2. The molecule has 0 saturated heterocycles. The van der Waals surface area contributed by atoms with Crippen molar-refractivity contribution in [1.82, 2.24) is 0 Å². The third-order valence-corrected chi connectivity index (χ3v) is 5.07. The van der Waals surface area contributed by atoms with Crippen molar-refractivity contribution in [3.05, 3.63) is 76.5 Å². The first-order valence-electron chi connectivity index (χ1n) is 8.97. The van der Waals surface area contributed by atoms with Gasteiger partial charge in [0.05, 0.1) is 17.8 Å². The molecule has 0 fully saturated rings. The first kappa shape index (κ1) is 18.8. The number of hydrogen-bond acceptors (Lipinski definition) is 5. The van der Waals surface area contributed by atoms with Gasteiger partial charge in [0.2, 0.25) is 18.6 Å². The first-order valence-corrected chi connectivity index (χ1v) is 9.85. The van der Waals surface area contributed by atoms with Gasteiger partial charge in [-0.05, 0) is 47.4 Å². The molecule has 6 nitrogen and oxygen atoms in total. The third kappa shape index (κ3) is 4.83. The van der Waals surface area contributed by atoms with Gasteiger partial charge in [-0.1, -0.05) is 24.3 Å². The Labute approximate surface area is 171 Å². The molecule has 0 aliphatic carbocycles. The van der Waals surface area contributed by atoms with E-state index in [-0.39, 0.29) is 18.6 Å². The first-order chi connectivity index (χ1) is 14.2. The molecule has 0 atom stereocenters. The quantitative estimate of drug-likeness (QED) is 0.598. The van der Waals surface area contributed by atoms with Crippen molar-refractivity contribution < 1.29 is 19.1 Å². The smallest absolute Gasteiger partial charge is 0.248 e. The molecule has 0 radical (unpaired) electrons. The highest BCUT2D eigenvalue weighted by Crippen LogP contribution is 2.32. The Hall–Kier alpha value is -3.58. The van der Waals surface area contributed by atoms with E-state index in [4.69, 9.17) is 9.47 Å². The van der Waals surface area contributed by atoms with Gasteiger partial charge in [0.15, 0.2) is 11.5 Å². The van der Waals surface area contributed by atoms with Crippen LogP contribution in [0.4, 0.5) is 11.4 Å². The van der Waals surface area contributed by atoms with Crippen molar-refractivity contribution >= 4 is 40.6 Å². The molecule has 3 aromatic rings. The van der Waals surface area contributed by atoms with Gasteiger partial charge in [-0.2, -0.15) is 0 Å². The lowest BCUT2D eigenvalue weighted by atomic mass is 10.2. The average Bonchev–Trinajstić information content (AvgIpc) is 3.39. The Balaban J connectivity index is 1.40. The van der Waals surface area contributed by atoms with E-state index in [0.29, 0.717) is 29.3 Å². The molecule has 2 N–H and O–H groups in total. The second-order valence-corrected chi connectivity index (χ2v) is 7.32. The Morgan fingerprint density at radius 1 is 0.966 bits per heavy atom. The summed E-state index contributed by atoms with van der Waals surface area (Å²) in [6.45, 7) is 0.206. The highest BCUT2D eigenvalue weighted by molar-refractivity contribution is 7.10. The van der Waals surface area contributed by atoms with E-state index < -0.39 is 0 Å². The zero-order valence-electron chi connectivity index (χ0n) is 15.4. The predicted molar refractivity (Wildman–Crippen MR) is 113 cm³/mol. The molecule has 4 rings (SSSR count). The summed E-state index contributed by atoms with van der Waals surface area (Å²) in [5, 5.41) is 7.59. The van der Waals surface area contributed by atoms with Crippen LogP contribution in [0.25, 0.3) is 6.08 Å². The SMILES string of the molecule is O=C(C=Cc1ccc2c(c1)OCO2)Nc1ccccc1NC(=O)Cc1cccs1. The van der Waals surface area contributed by atoms with E-state index in [1.54, 1.807) is 36.4 Å². The zero-order chi connectivity index (χ0) is 20.1. The molecule has 2 amide bonds. The Morgan fingerprint density at radius 2 is 1.76 bits per heavy atom. The van der Waals surface area contributed by atoms with Gasteiger partial charge in [-0.3, -0.25) is 9.59 Å². The van der Waals surface area contributed by atoms with Crippen LogP contribution in [0.1, 0.15) is 10.4 Å². The molecule has 2 aromatic carbocycles. The number of carbonyl (C=O) groups excluding carboxylic acids is 2. The standard InChI is InChI=1S/C22H18N2O4S/c25-21(10-8-15-7-9-19-20(12-15)28-14-27-19)23-17-5-1-2-6-18(17)24-22(26)13-16-4-3-11-29-16/h1-12H,13-14H2,(H,23,25)(H,24,26). The van der Waals surface area contributed by atoms with Crippen LogP contribution in [0.2, 0.25) is 0 Å². The van der Waals surface area contributed by atoms with Crippen LogP contribution in [-0.4, -0.2) is 18.6 Å². The maximum Gasteiger partial charge on any atom is 0.248 e. The van der Waals surface area contributed by atoms with Crippen molar-refractivity contribution in [2.24, 2.45) is 0 Å². The number of carbonyl (C=O) groups is 2. The average molecular weight is 406 g/mol. The summed E-state index contributed by atoms with van der Waals surface area (Å²) in [5.41, 5.74) is 1.91. The van der Waals surface area contributed by atoms with Gasteiger partial charge >= 0.3 is 0 Å². The summed E-state index contributed by atoms with van der Waals surface area (Å²) >= 11 is 1.53. The minimum atomic E-state index is -0.303. The number of para-hydroxylation sites is 2. The number of benzene rings is 2. The van der Waals surface area contributed by atoms with Crippen LogP contribution in [-0.2, 0) is 16.0 Å². The minimum Gasteiger partial charge on any atom is -0.454 e. The Bertz CT molecular complexity index is 1060. The van der Waals surface area contributed by atoms with E-state index in [0.717, 1.165) is 10.4 Å². The highest BCUT2D eigenvalue weighted by Gasteiger charge is 2.13. The summed E-state index contributed by atoms with van der Waals surface area (Å²) in [6, 6.07) is 16.4. The number of fused-ring (bicyclic) bond motifs is 1. The lowest BCUT2D eigenvalue weighted by Gasteiger charge is -2.11. The van der Waals surface area contributed by atoms with Crippen molar-refractivity contribution in [3.8, 4) is 11.5 Å². The Kier molecular flexibility index (Phi) is 5.58. The molecule has 146 valence electrons. The van der Waals surface area contributed by atoms with Crippen LogP contribution in [0, 0.1) is 0 Å². The van der Waals surface area contributed by atoms with Crippen LogP contribution in [0.5, 0.6) is 11.5 Å². The molecule has 1 aliphatic heterocycles. The fourth-order valence-corrected chi connectivity index (χ4v) is 3.53. The number of anilines is 2. The van der Waals surface area contributed by atoms with E-state index in [2.05, 4.69) is 10.6 Å². The predicted octanol–water partition coefficient (Wildman–Crippen LogP) is 4.31. The van der Waals surface area contributed by atoms with Gasteiger partial charge in [0, 0.05) is 11.0 Å². The summed E-state index contributed by atoms with van der Waals surface area (Å²) in [5.74, 6) is 0.915. The van der Waals surface area contributed by atoms with Crippen molar-refractivity contribution in [1.29, 1.82) is 0 Å². The van der Waals surface area contributed by atoms with Crippen LogP contribution >= 0.6 is 11.3 Å². The largest absolute Gasteiger partial charge is 0.454 e. The molecule has 1 aromatic heterocycles. The van der Waals surface area contributed by atoms with Crippen LogP contribution < -0.4 is 20.1 Å². The lowest BCUT2D eigenvalue weighted by Crippen LogP contribution is -2.16. The normalized spacial score (nSPS) is 12.1. The van der Waals surface area contributed by atoms with Gasteiger partial charge in [0.1, 0.15) is 0 Å². The van der Waals surface area contributed by atoms with Crippen molar-refractivity contribution in [3.63, 3.8) is 0 Å². The summed E-state index contributed by atoms with van der Waals surface area (Å²) in [4.78, 5) is 25.6. The fourth-order valence-electron chi connectivity index (χ4n) is 2.83. The lowest BCUT2D eigenvalue weighted by molar-refractivity contribution is -0.115. The second kappa shape index (κ2) is 8.62. The fraction of sp³-hybridized carbons (Fsp3) is 0.0909. The number of amides is 2. The van der Waals surface area contributed by atoms with Gasteiger partial charge in [-0.15, -0.1) is 11.3 Å². The summed E-state index contributed by atoms with van der Waals surface area (Å²) in [6.07, 6.45) is 3.42. The van der Waals surface area contributed by atoms with E-state index >= 15 is 0 Å². The minimum absolute atomic E-state index is 0.134. The third-order valence-electron chi connectivity index (χ3n) is 4.20. The summed E-state index contributed by atoms with van der Waals surface area (Å²) < 4.78 is 10.6. The highest BCUT2D eigenvalue weighted by atomic mass is 32.1. The molecular formula is C22H18N2O4S. The van der Waals surface area contributed by atoms with Crippen molar-refractivity contribution in [2.75, 3.05) is 17.4 Å².